The SMILES string of the molecule is O=C1Cc2ccc(Cl)cc2N1Cc1ccc(Br)cc1Cl. The zero-order chi connectivity index (χ0) is 14.3. The van der Waals surface area contributed by atoms with Crippen LogP contribution in [0.2, 0.25) is 10.0 Å². The van der Waals surface area contributed by atoms with Gasteiger partial charge in [-0.15, -0.1) is 0 Å². The van der Waals surface area contributed by atoms with E-state index >= 15 is 0 Å². The molecule has 0 unspecified atom stereocenters. The van der Waals surface area contributed by atoms with Crippen LogP contribution in [0.25, 0.3) is 0 Å². The maximum Gasteiger partial charge on any atom is 0.231 e. The predicted molar refractivity (Wildman–Crippen MR) is 85.5 cm³/mol. The van der Waals surface area contributed by atoms with Crippen molar-refractivity contribution < 1.29 is 4.79 Å². The lowest BCUT2D eigenvalue weighted by molar-refractivity contribution is -0.117. The van der Waals surface area contributed by atoms with Crippen LogP contribution in [0.4, 0.5) is 5.69 Å². The molecule has 1 aliphatic heterocycles. The standard InChI is InChI=1S/C15H10BrCl2NO/c16-11-3-1-10(13(18)6-11)8-19-14-7-12(17)4-2-9(14)5-15(19)20/h1-4,6-7H,5,8H2. The van der Waals surface area contributed by atoms with Gasteiger partial charge in [0.15, 0.2) is 0 Å². The van der Waals surface area contributed by atoms with E-state index in [1.54, 1.807) is 4.90 Å². The summed E-state index contributed by atoms with van der Waals surface area (Å²) in [6.07, 6.45) is 0.417. The first-order valence-corrected chi connectivity index (χ1v) is 7.62. The van der Waals surface area contributed by atoms with Crippen molar-refractivity contribution in [2.45, 2.75) is 13.0 Å². The summed E-state index contributed by atoms with van der Waals surface area (Å²) in [4.78, 5) is 13.9. The Hall–Kier alpha value is -1.03. The van der Waals surface area contributed by atoms with E-state index in [9.17, 15) is 4.79 Å². The molecule has 0 atom stereocenters. The molecule has 1 heterocycles. The van der Waals surface area contributed by atoms with Gasteiger partial charge in [-0.25, -0.2) is 0 Å². The highest BCUT2D eigenvalue weighted by Crippen LogP contribution is 2.34. The molecule has 1 amide bonds. The Bertz CT molecular complexity index is 702. The van der Waals surface area contributed by atoms with Crippen molar-refractivity contribution in [2.75, 3.05) is 4.90 Å². The number of halogens is 3. The lowest BCUT2D eigenvalue weighted by Crippen LogP contribution is -2.26. The van der Waals surface area contributed by atoms with E-state index in [1.165, 1.54) is 0 Å². The third-order valence-corrected chi connectivity index (χ3v) is 4.40. The molecule has 0 saturated heterocycles. The Balaban J connectivity index is 1.95. The Morgan fingerprint density at radius 1 is 1.15 bits per heavy atom. The summed E-state index contributed by atoms with van der Waals surface area (Å²) in [5, 5.41) is 1.27. The number of nitrogens with zero attached hydrogens (tertiary/aromatic N) is 1. The summed E-state index contributed by atoms with van der Waals surface area (Å²) in [5.41, 5.74) is 2.80. The Morgan fingerprint density at radius 3 is 2.70 bits per heavy atom. The molecule has 3 rings (SSSR count). The highest BCUT2D eigenvalue weighted by Gasteiger charge is 2.27. The summed E-state index contributed by atoms with van der Waals surface area (Å²) in [7, 11) is 0. The lowest BCUT2D eigenvalue weighted by Gasteiger charge is -2.18. The number of amides is 1. The van der Waals surface area contributed by atoms with Crippen molar-refractivity contribution in [3.8, 4) is 0 Å². The maximum atomic E-state index is 12.2. The Morgan fingerprint density at radius 2 is 1.95 bits per heavy atom. The third kappa shape index (κ3) is 2.58. The second kappa shape index (κ2) is 5.40. The third-order valence-electron chi connectivity index (χ3n) is 3.32. The molecule has 0 bridgehead atoms. The summed E-state index contributed by atoms with van der Waals surface area (Å²) >= 11 is 15.6. The van der Waals surface area contributed by atoms with E-state index in [0.717, 1.165) is 21.3 Å². The molecule has 5 heteroatoms. The van der Waals surface area contributed by atoms with Crippen molar-refractivity contribution in [3.63, 3.8) is 0 Å². The van der Waals surface area contributed by atoms with Crippen molar-refractivity contribution >= 4 is 50.7 Å². The number of carbonyl (C=O) groups is 1. The molecule has 0 saturated carbocycles. The van der Waals surface area contributed by atoms with Crippen LogP contribution in [0, 0.1) is 0 Å². The van der Waals surface area contributed by atoms with Gasteiger partial charge < -0.3 is 4.90 Å². The quantitative estimate of drug-likeness (QED) is 0.740. The number of anilines is 1. The lowest BCUT2D eigenvalue weighted by atomic mass is 10.1. The normalized spacial score (nSPS) is 13.8. The maximum absolute atomic E-state index is 12.2. The molecule has 0 fully saturated rings. The predicted octanol–water partition coefficient (Wildman–Crippen LogP) is 4.85. The van der Waals surface area contributed by atoms with Crippen LogP contribution < -0.4 is 4.90 Å². The second-order valence-electron chi connectivity index (χ2n) is 4.67. The molecule has 2 aromatic carbocycles. The first kappa shape index (κ1) is 13.9. The molecule has 0 N–H and O–H groups in total. The molecule has 2 aromatic rings. The van der Waals surface area contributed by atoms with Crippen molar-refractivity contribution in [1.29, 1.82) is 0 Å². The van der Waals surface area contributed by atoms with Crippen LogP contribution >= 0.6 is 39.1 Å². The average molecular weight is 371 g/mol. The first-order chi connectivity index (χ1) is 9.54. The minimum absolute atomic E-state index is 0.0706. The van der Waals surface area contributed by atoms with Gasteiger partial charge in [0.05, 0.1) is 13.0 Å². The van der Waals surface area contributed by atoms with Gasteiger partial charge in [0.2, 0.25) is 5.91 Å². The van der Waals surface area contributed by atoms with Crippen molar-refractivity contribution in [1.82, 2.24) is 0 Å². The van der Waals surface area contributed by atoms with Gasteiger partial charge in [-0.05, 0) is 35.4 Å². The first-order valence-electron chi connectivity index (χ1n) is 6.07. The second-order valence-corrected chi connectivity index (χ2v) is 6.42. The van der Waals surface area contributed by atoms with E-state index in [1.807, 2.05) is 36.4 Å². The van der Waals surface area contributed by atoms with Crippen molar-refractivity contribution in [3.05, 3.63) is 62.0 Å². The topological polar surface area (TPSA) is 20.3 Å². The van der Waals surface area contributed by atoms with E-state index in [0.29, 0.717) is 23.0 Å². The van der Waals surface area contributed by atoms with E-state index < -0.39 is 0 Å². The largest absolute Gasteiger partial charge is 0.307 e. The van der Waals surface area contributed by atoms with Crippen LogP contribution in [-0.4, -0.2) is 5.91 Å². The van der Waals surface area contributed by atoms with Crippen LogP contribution in [0.1, 0.15) is 11.1 Å². The fourth-order valence-electron chi connectivity index (χ4n) is 2.32. The number of fused-ring (bicyclic) bond motifs is 1. The zero-order valence-electron chi connectivity index (χ0n) is 10.4. The molecule has 0 aromatic heterocycles. The summed E-state index contributed by atoms with van der Waals surface area (Å²) < 4.78 is 0.919. The number of hydrogen-bond acceptors (Lipinski definition) is 1. The fraction of sp³-hybridized carbons (Fsp3) is 0.133. The van der Waals surface area contributed by atoms with Gasteiger partial charge in [0, 0.05) is 20.2 Å². The minimum Gasteiger partial charge on any atom is -0.307 e. The Labute approximate surface area is 135 Å². The Kier molecular flexibility index (Phi) is 3.76. The number of rotatable bonds is 2. The molecule has 20 heavy (non-hydrogen) atoms. The van der Waals surface area contributed by atoms with E-state index in [2.05, 4.69) is 15.9 Å². The van der Waals surface area contributed by atoms with Gasteiger partial charge in [0.1, 0.15) is 0 Å². The minimum atomic E-state index is 0.0706. The summed E-state index contributed by atoms with van der Waals surface area (Å²) in [6, 6.07) is 11.2. The zero-order valence-corrected chi connectivity index (χ0v) is 13.5. The van der Waals surface area contributed by atoms with Gasteiger partial charge in [-0.1, -0.05) is 51.3 Å². The van der Waals surface area contributed by atoms with E-state index in [4.69, 9.17) is 23.2 Å². The summed E-state index contributed by atoms with van der Waals surface area (Å²) in [5.74, 6) is 0.0706. The molecule has 0 spiro atoms. The molecule has 0 radical (unpaired) electrons. The van der Waals surface area contributed by atoms with Gasteiger partial charge in [0.25, 0.3) is 0 Å². The van der Waals surface area contributed by atoms with Crippen LogP contribution in [0.5, 0.6) is 0 Å². The van der Waals surface area contributed by atoms with Gasteiger partial charge >= 0.3 is 0 Å². The number of carbonyl (C=O) groups excluding carboxylic acids is 1. The highest BCUT2D eigenvalue weighted by atomic mass is 79.9. The van der Waals surface area contributed by atoms with Crippen LogP contribution in [0.15, 0.2) is 40.9 Å². The van der Waals surface area contributed by atoms with Gasteiger partial charge in [-0.3, -0.25) is 4.79 Å². The van der Waals surface area contributed by atoms with Crippen LogP contribution in [0.3, 0.4) is 0 Å². The van der Waals surface area contributed by atoms with Gasteiger partial charge in [-0.2, -0.15) is 0 Å². The molecular weight excluding hydrogens is 361 g/mol. The average Bonchev–Trinajstić information content (AvgIpc) is 2.69. The number of hydrogen-bond donors (Lipinski definition) is 0. The summed E-state index contributed by atoms with van der Waals surface area (Å²) in [6.45, 7) is 0.457. The molecule has 2 nitrogen and oxygen atoms in total. The molecule has 1 aliphatic rings. The number of benzene rings is 2. The fourth-order valence-corrected chi connectivity index (χ4v) is 3.22. The molecule has 102 valence electrons. The molecule has 0 aliphatic carbocycles. The van der Waals surface area contributed by atoms with E-state index in [-0.39, 0.29) is 5.91 Å². The smallest absolute Gasteiger partial charge is 0.231 e. The van der Waals surface area contributed by atoms with Crippen molar-refractivity contribution in [2.24, 2.45) is 0 Å². The van der Waals surface area contributed by atoms with Crippen LogP contribution in [-0.2, 0) is 17.8 Å². The monoisotopic (exact) mass is 369 g/mol. The molecular formula is C15H10BrCl2NO. The highest BCUT2D eigenvalue weighted by molar-refractivity contribution is 9.10.